The number of aromatic nitrogens is 3. The van der Waals surface area contributed by atoms with Crippen LogP contribution < -0.4 is 10.6 Å². The molecule has 2 aromatic heterocycles. The fraction of sp³-hybridized carbons (Fsp3) is 0.240. The highest BCUT2D eigenvalue weighted by Crippen LogP contribution is 2.34. The average Bonchev–Trinajstić information content (AvgIpc) is 3.18. The molecule has 0 spiro atoms. The van der Waals surface area contributed by atoms with Gasteiger partial charge in [0.15, 0.2) is 0 Å². The van der Waals surface area contributed by atoms with Gasteiger partial charge in [0.2, 0.25) is 0 Å². The zero-order valence-corrected chi connectivity index (χ0v) is 17.5. The summed E-state index contributed by atoms with van der Waals surface area (Å²) in [5, 5.41) is 14.8. The standard InChI is InChI=1S/C25H24N6/c1-30-16-20-14-19(6-8-23(20)29-30)22-7-9-24(31-12-10-21(27)11-13-31)28-25(22)18-4-2-17(15-26)3-5-18/h2-9,14,16,21H,10-13,27H2,1H3. The van der Waals surface area contributed by atoms with E-state index >= 15 is 0 Å². The van der Waals surface area contributed by atoms with E-state index in [4.69, 9.17) is 10.7 Å². The topological polar surface area (TPSA) is 83.8 Å². The molecule has 1 aliphatic rings. The third-order valence-electron chi connectivity index (χ3n) is 5.96. The number of piperidine rings is 1. The molecule has 0 amide bonds. The molecule has 6 heteroatoms. The molecule has 1 saturated heterocycles. The molecule has 0 radical (unpaired) electrons. The lowest BCUT2D eigenvalue weighted by Gasteiger charge is -2.31. The number of aryl methyl sites for hydroxylation is 1. The number of benzene rings is 2. The second-order valence-electron chi connectivity index (χ2n) is 8.16. The van der Waals surface area contributed by atoms with Crippen molar-refractivity contribution in [1.82, 2.24) is 14.8 Å². The van der Waals surface area contributed by atoms with E-state index in [-0.39, 0.29) is 6.04 Å². The van der Waals surface area contributed by atoms with Crippen molar-refractivity contribution >= 4 is 16.7 Å². The van der Waals surface area contributed by atoms with Crippen LogP contribution in [0, 0.1) is 11.3 Å². The summed E-state index contributed by atoms with van der Waals surface area (Å²) in [5.41, 5.74) is 11.8. The van der Waals surface area contributed by atoms with Crippen molar-refractivity contribution in [2.75, 3.05) is 18.0 Å². The molecule has 2 N–H and O–H groups in total. The number of nitrogens with two attached hydrogens (primary N) is 1. The second kappa shape index (κ2) is 7.86. The van der Waals surface area contributed by atoms with E-state index in [1.807, 2.05) is 48.3 Å². The van der Waals surface area contributed by atoms with Gasteiger partial charge in [-0.25, -0.2) is 4.98 Å². The van der Waals surface area contributed by atoms with E-state index in [0.29, 0.717) is 5.56 Å². The molecule has 0 saturated carbocycles. The molecule has 0 unspecified atom stereocenters. The monoisotopic (exact) mass is 408 g/mol. The maximum absolute atomic E-state index is 9.18. The summed E-state index contributed by atoms with van der Waals surface area (Å²) in [4.78, 5) is 7.40. The molecule has 1 fully saturated rings. The van der Waals surface area contributed by atoms with Gasteiger partial charge in [-0.15, -0.1) is 0 Å². The van der Waals surface area contributed by atoms with Crippen LogP contribution in [0.2, 0.25) is 0 Å². The largest absolute Gasteiger partial charge is 0.356 e. The summed E-state index contributed by atoms with van der Waals surface area (Å²) in [6.45, 7) is 1.84. The van der Waals surface area contributed by atoms with Gasteiger partial charge in [0.1, 0.15) is 5.82 Å². The third-order valence-corrected chi connectivity index (χ3v) is 5.96. The minimum atomic E-state index is 0.278. The van der Waals surface area contributed by atoms with E-state index in [1.165, 1.54) is 0 Å². The van der Waals surface area contributed by atoms with Gasteiger partial charge in [-0.05, 0) is 54.8 Å². The van der Waals surface area contributed by atoms with Crippen molar-refractivity contribution in [1.29, 1.82) is 5.26 Å². The molecule has 0 bridgehead atoms. The molecule has 3 heterocycles. The predicted molar refractivity (Wildman–Crippen MR) is 124 cm³/mol. The summed E-state index contributed by atoms with van der Waals surface area (Å²) in [6.07, 6.45) is 3.99. The van der Waals surface area contributed by atoms with Crippen molar-refractivity contribution in [2.45, 2.75) is 18.9 Å². The molecule has 31 heavy (non-hydrogen) atoms. The molecule has 0 aliphatic carbocycles. The molecular weight excluding hydrogens is 384 g/mol. The van der Waals surface area contributed by atoms with Crippen molar-refractivity contribution in [3.63, 3.8) is 0 Å². The molecule has 2 aromatic carbocycles. The van der Waals surface area contributed by atoms with Gasteiger partial charge in [-0.3, -0.25) is 4.68 Å². The fourth-order valence-corrected chi connectivity index (χ4v) is 4.23. The smallest absolute Gasteiger partial charge is 0.129 e. The van der Waals surface area contributed by atoms with E-state index in [9.17, 15) is 5.26 Å². The first-order valence-corrected chi connectivity index (χ1v) is 10.6. The molecule has 5 rings (SSSR count). The minimum Gasteiger partial charge on any atom is -0.356 e. The number of hydrogen-bond donors (Lipinski definition) is 1. The molecular formula is C25H24N6. The van der Waals surface area contributed by atoms with Crippen LogP contribution >= 0.6 is 0 Å². The summed E-state index contributed by atoms with van der Waals surface area (Å²) < 4.78 is 1.83. The first-order chi connectivity index (χ1) is 15.1. The number of anilines is 1. The number of nitrogens with zero attached hydrogens (tertiary/aromatic N) is 5. The lowest BCUT2D eigenvalue weighted by atomic mass is 9.97. The predicted octanol–water partition coefficient (Wildman–Crippen LogP) is 4.10. The summed E-state index contributed by atoms with van der Waals surface area (Å²) in [5.74, 6) is 0.970. The third kappa shape index (κ3) is 3.76. The Kier molecular flexibility index (Phi) is 4.89. The maximum atomic E-state index is 9.18. The average molecular weight is 409 g/mol. The van der Waals surface area contributed by atoms with Gasteiger partial charge >= 0.3 is 0 Å². The highest BCUT2D eigenvalue weighted by Gasteiger charge is 2.19. The van der Waals surface area contributed by atoms with Gasteiger partial charge in [-0.1, -0.05) is 18.2 Å². The van der Waals surface area contributed by atoms with Crippen molar-refractivity contribution in [2.24, 2.45) is 12.8 Å². The Labute approximate surface area is 181 Å². The molecule has 154 valence electrons. The van der Waals surface area contributed by atoms with Crippen LogP contribution in [0.4, 0.5) is 5.82 Å². The Morgan fingerprint density at radius 2 is 1.74 bits per heavy atom. The van der Waals surface area contributed by atoms with Crippen molar-refractivity contribution in [3.8, 4) is 28.5 Å². The van der Waals surface area contributed by atoms with E-state index < -0.39 is 0 Å². The number of pyridine rings is 1. The minimum absolute atomic E-state index is 0.278. The summed E-state index contributed by atoms with van der Waals surface area (Å²) in [6, 6.07) is 20.7. The number of nitriles is 1. The van der Waals surface area contributed by atoms with Gasteiger partial charge in [0.25, 0.3) is 0 Å². The van der Waals surface area contributed by atoms with Crippen LogP contribution in [-0.4, -0.2) is 33.9 Å². The van der Waals surface area contributed by atoms with Crippen molar-refractivity contribution < 1.29 is 0 Å². The van der Waals surface area contributed by atoms with Gasteiger partial charge < -0.3 is 10.6 Å². The Bertz CT molecular complexity index is 1270. The Balaban J connectivity index is 1.62. The Morgan fingerprint density at radius 3 is 2.48 bits per heavy atom. The number of rotatable bonds is 3. The van der Waals surface area contributed by atoms with Crippen LogP contribution in [0.5, 0.6) is 0 Å². The molecule has 0 atom stereocenters. The molecule has 1 aliphatic heterocycles. The van der Waals surface area contributed by atoms with E-state index in [2.05, 4.69) is 40.3 Å². The van der Waals surface area contributed by atoms with E-state index in [0.717, 1.165) is 65.0 Å². The summed E-state index contributed by atoms with van der Waals surface area (Å²) in [7, 11) is 1.93. The molecule has 4 aromatic rings. The first kappa shape index (κ1) is 19.3. The van der Waals surface area contributed by atoms with E-state index in [1.54, 1.807) is 0 Å². The number of fused-ring (bicyclic) bond motifs is 1. The highest BCUT2D eigenvalue weighted by molar-refractivity contribution is 5.89. The Morgan fingerprint density at radius 1 is 1.00 bits per heavy atom. The zero-order valence-electron chi connectivity index (χ0n) is 17.5. The van der Waals surface area contributed by atoms with Crippen LogP contribution in [0.15, 0.2) is 60.8 Å². The second-order valence-corrected chi connectivity index (χ2v) is 8.16. The van der Waals surface area contributed by atoms with Crippen molar-refractivity contribution in [3.05, 3.63) is 66.4 Å². The Hall–Kier alpha value is -3.69. The number of hydrogen-bond acceptors (Lipinski definition) is 5. The van der Waals surface area contributed by atoms with Crippen LogP contribution in [0.3, 0.4) is 0 Å². The zero-order chi connectivity index (χ0) is 21.4. The van der Waals surface area contributed by atoms with Gasteiger partial charge in [-0.2, -0.15) is 10.4 Å². The van der Waals surface area contributed by atoms with Crippen LogP contribution in [-0.2, 0) is 7.05 Å². The maximum Gasteiger partial charge on any atom is 0.129 e. The van der Waals surface area contributed by atoms with Crippen LogP contribution in [0.1, 0.15) is 18.4 Å². The van der Waals surface area contributed by atoms with Gasteiger partial charge in [0, 0.05) is 48.9 Å². The summed E-state index contributed by atoms with van der Waals surface area (Å²) >= 11 is 0. The lowest BCUT2D eigenvalue weighted by molar-refractivity contribution is 0.499. The fourth-order valence-electron chi connectivity index (χ4n) is 4.23. The SMILES string of the molecule is Cn1cc2cc(-c3ccc(N4CCC(N)CC4)nc3-c3ccc(C#N)cc3)ccc2n1. The first-order valence-electron chi connectivity index (χ1n) is 10.6. The molecule has 6 nitrogen and oxygen atoms in total. The quantitative estimate of drug-likeness (QED) is 0.552. The normalized spacial score (nSPS) is 14.7. The van der Waals surface area contributed by atoms with Gasteiger partial charge in [0.05, 0.1) is 22.8 Å². The highest BCUT2D eigenvalue weighted by atomic mass is 15.2. The van der Waals surface area contributed by atoms with Crippen LogP contribution in [0.25, 0.3) is 33.3 Å². The lowest BCUT2D eigenvalue weighted by Crippen LogP contribution is -2.40.